The molecule has 118 valence electrons. The first-order chi connectivity index (χ1) is 10.4. The van der Waals surface area contributed by atoms with Crippen LogP contribution in [0.5, 0.6) is 5.75 Å². The smallest absolute Gasteiger partial charge is 0.316 e. The Hall–Kier alpha value is -2.07. The van der Waals surface area contributed by atoms with Gasteiger partial charge in [0.15, 0.2) is 0 Å². The maximum Gasteiger partial charge on any atom is 0.316 e. The SMILES string of the molecule is CCO[C@@H](C)[C@](C)(C(=O)O)c1ccc2cc(OC)ccc2c1. The van der Waals surface area contributed by atoms with Crippen LogP contribution in [0.15, 0.2) is 36.4 Å². The van der Waals surface area contributed by atoms with Gasteiger partial charge in [-0.2, -0.15) is 0 Å². The van der Waals surface area contributed by atoms with Crippen molar-refractivity contribution in [2.75, 3.05) is 13.7 Å². The first kappa shape index (κ1) is 16.3. The maximum absolute atomic E-state index is 11.9. The zero-order valence-electron chi connectivity index (χ0n) is 13.4. The molecular formula is C18H22O4. The number of hydrogen-bond donors (Lipinski definition) is 1. The van der Waals surface area contributed by atoms with E-state index in [2.05, 4.69) is 0 Å². The number of carboxylic acid groups (broad SMARTS) is 1. The van der Waals surface area contributed by atoms with Crippen molar-refractivity contribution < 1.29 is 19.4 Å². The van der Waals surface area contributed by atoms with Gasteiger partial charge >= 0.3 is 5.97 Å². The number of carbonyl (C=O) groups is 1. The highest BCUT2D eigenvalue weighted by Crippen LogP contribution is 2.33. The van der Waals surface area contributed by atoms with E-state index in [0.29, 0.717) is 6.61 Å². The molecule has 0 heterocycles. The maximum atomic E-state index is 11.9. The second-order valence-electron chi connectivity index (χ2n) is 5.53. The summed E-state index contributed by atoms with van der Waals surface area (Å²) in [6.07, 6.45) is -0.425. The molecule has 0 radical (unpaired) electrons. The summed E-state index contributed by atoms with van der Waals surface area (Å²) >= 11 is 0. The van der Waals surface area contributed by atoms with Crippen LogP contribution >= 0.6 is 0 Å². The van der Waals surface area contributed by atoms with E-state index in [4.69, 9.17) is 9.47 Å². The largest absolute Gasteiger partial charge is 0.497 e. The Labute approximate surface area is 130 Å². The molecule has 0 aliphatic carbocycles. The molecule has 4 heteroatoms. The van der Waals surface area contributed by atoms with E-state index in [1.165, 1.54) is 0 Å². The standard InChI is InChI=1S/C18H22O4/c1-5-22-12(2)18(3,17(19)20)15-8-6-14-11-16(21-4)9-7-13(14)10-15/h6-12H,5H2,1-4H3,(H,19,20)/t12-,18-/m0/s1. The molecule has 2 atom stereocenters. The molecule has 0 aliphatic rings. The third-order valence-corrected chi connectivity index (χ3v) is 4.32. The first-order valence-corrected chi connectivity index (χ1v) is 7.36. The quantitative estimate of drug-likeness (QED) is 0.885. The van der Waals surface area contributed by atoms with Crippen LogP contribution in [0.3, 0.4) is 0 Å². The predicted octanol–water partition coefficient (Wildman–Crippen LogP) is 3.62. The normalized spacial score (nSPS) is 15.3. The highest BCUT2D eigenvalue weighted by molar-refractivity contribution is 5.88. The Morgan fingerprint density at radius 2 is 1.86 bits per heavy atom. The molecule has 0 spiro atoms. The Kier molecular flexibility index (Phi) is 4.71. The minimum absolute atomic E-state index is 0.425. The van der Waals surface area contributed by atoms with E-state index in [1.807, 2.05) is 43.3 Å². The van der Waals surface area contributed by atoms with E-state index in [0.717, 1.165) is 22.1 Å². The Morgan fingerprint density at radius 3 is 2.45 bits per heavy atom. The number of benzene rings is 2. The van der Waals surface area contributed by atoms with Crippen molar-refractivity contribution >= 4 is 16.7 Å². The van der Waals surface area contributed by atoms with Crippen molar-refractivity contribution in [2.24, 2.45) is 0 Å². The number of hydrogen-bond acceptors (Lipinski definition) is 3. The van der Waals surface area contributed by atoms with Crippen molar-refractivity contribution in [1.82, 2.24) is 0 Å². The Morgan fingerprint density at radius 1 is 1.23 bits per heavy atom. The molecule has 0 fully saturated rings. The Bertz CT molecular complexity index is 680. The second kappa shape index (κ2) is 6.36. The summed E-state index contributed by atoms with van der Waals surface area (Å²) in [7, 11) is 1.63. The average molecular weight is 302 g/mol. The van der Waals surface area contributed by atoms with E-state index < -0.39 is 17.5 Å². The molecule has 0 amide bonds. The monoisotopic (exact) mass is 302 g/mol. The lowest BCUT2D eigenvalue weighted by Gasteiger charge is -2.32. The van der Waals surface area contributed by atoms with Crippen molar-refractivity contribution in [3.05, 3.63) is 42.0 Å². The summed E-state index contributed by atoms with van der Waals surface area (Å²) in [5, 5.41) is 11.7. The summed E-state index contributed by atoms with van der Waals surface area (Å²) in [6.45, 7) is 5.86. The van der Waals surface area contributed by atoms with Gasteiger partial charge in [-0.05, 0) is 55.3 Å². The lowest BCUT2D eigenvalue weighted by Crippen LogP contribution is -2.44. The van der Waals surface area contributed by atoms with E-state index in [-0.39, 0.29) is 0 Å². The zero-order valence-corrected chi connectivity index (χ0v) is 13.4. The van der Waals surface area contributed by atoms with Gasteiger partial charge in [0.1, 0.15) is 11.2 Å². The molecule has 2 rings (SSSR count). The van der Waals surface area contributed by atoms with Gasteiger partial charge in [0.25, 0.3) is 0 Å². The molecular weight excluding hydrogens is 280 g/mol. The van der Waals surface area contributed by atoms with Crippen LogP contribution in [-0.2, 0) is 14.9 Å². The van der Waals surface area contributed by atoms with Crippen LogP contribution in [0.1, 0.15) is 26.3 Å². The molecule has 2 aromatic carbocycles. The lowest BCUT2D eigenvalue weighted by molar-refractivity contribution is -0.149. The van der Waals surface area contributed by atoms with Crippen molar-refractivity contribution in [2.45, 2.75) is 32.3 Å². The fourth-order valence-electron chi connectivity index (χ4n) is 2.62. The van der Waals surface area contributed by atoms with Crippen molar-refractivity contribution in [3.8, 4) is 5.75 Å². The molecule has 2 aromatic rings. The summed E-state index contributed by atoms with van der Waals surface area (Å²) in [5.41, 5.74) is -0.358. The average Bonchev–Trinajstić information content (AvgIpc) is 2.52. The summed E-state index contributed by atoms with van der Waals surface area (Å²) in [5.74, 6) is -0.106. The molecule has 1 N–H and O–H groups in total. The lowest BCUT2D eigenvalue weighted by atomic mass is 9.77. The minimum Gasteiger partial charge on any atom is -0.497 e. The van der Waals surface area contributed by atoms with Crippen LogP contribution in [0.4, 0.5) is 0 Å². The number of methoxy groups -OCH3 is 1. The molecule has 0 aliphatic heterocycles. The van der Waals surface area contributed by atoms with Crippen LogP contribution in [0.2, 0.25) is 0 Å². The van der Waals surface area contributed by atoms with Gasteiger partial charge in [0, 0.05) is 6.61 Å². The first-order valence-electron chi connectivity index (χ1n) is 7.36. The van der Waals surface area contributed by atoms with Crippen LogP contribution in [-0.4, -0.2) is 30.9 Å². The zero-order chi connectivity index (χ0) is 16.3. The topological polar surface area (TPSA) is 55.8 Å². The fraction of sp³-hybridized carbons (Fsp3) is 0.389. The number of fused-ring (bicyclic) bond motifs is 1. The highest BCUT2D eigenvalue weighted by atomic mass is 16.5. The number of carboxylic acids is 1. The molecule has 0 unspecified atom stereocenters. The van der Waals surface area contributed by atoms with Gasteiger partial charge in [-0.25, -0.2) is 0 Å². The molecule has 0 saturated carbocycles. The third-order valence-electron chi connectivity index (χ3n) is 4.32. The van der Waals surface area contributed by atoms with Crippen LogP contribution < -0.4 is 4.74 Å². The molecule has 4 nitrogen and oxygen atoms in total. The van der Waals surface area contributed by atoms with Gasteiger partial charge in [-0.15, -0.1) is 0 Å². The van der Waals surface area contributed by atoms with Gasteiger partial charge in [0.2, 0.25) is 0 Å². The van der Waals surface area contributed by atoms with Gasteiger partial charge in [-0.1, -0.05) is 18.2 Å². The molecule has 0 bridgehead atoms. The minimum atomic E-state index is -1.09. The molecule has 0 aromatic heterocycles. The number of aliphatic carboxylic acids is 1. The third kappa shape index (κ3) is 2.79. The van der Waals surface area contributed by atoms with Gasteiger partial charge in [0.05, 0.1) is 13.2 Å². The predicted molar refractivity (Wildman–Crippen MR) is 86.6 cm³/mol. The van der Waals surface area contributed by atoms with E-state index in [1.54, 1.807) is 21.0 Å². The molecule has 0 saturated heterocycles. The summed E-state index contributed by atoms with van der Waals surface area (Å²) in [6, 6.07) is 11.4. The number of ether oxygens (including phenoxy) is 2. The highest BCUT2D eigenvalue weighted by Gasteiger charge is 2.41. The molecule has 22 heavy (non-hydrogen) atoms. The fourth-order valence-corrected chi connectivity index (χ4v) is 2.62. The number of rotatable bonds is 6. The Balaban J connectivity index is 2.53. The van der Waals surface area contributed by atoms with Crippen molar-refractivity contribution in [3.63, 3.8) is 0 Å². The summed E-state index contributed by atoms with van der Waals surface area (Å²) in [4.78, 5) is 11.9. The van der Waals surface area contributed by atoms with Gasteiger partial charge < -0.3 is 14.6 Å². The summed E-state index contributed by atoms with van der Waals surface area (Å²) < 4.78 is 10.8. The van der Waals surface area contributed by atoms with E-state index >= 15 is 0 Å². The van der Waals surface area contributed by atoms with Crippen molar-refractivity contribution in [1.29, 1.82) is 0 Å². The van der Waals surface area contributed by atoms with Gasteiger partial charge in [-0.3, -0.25) is 4.79 Å². The van der Waals surface area contributed by atoms with Crippen LogP contribution in [0.25, 0.3) is 10.8 Å². The van der Waals surface area contributed by atoms with E-state index in [9.17, 15) is 9.90 Å². The second-order valence-corrected chi connectivity index (χ2v) is 5.53. The van der Waals surface area contributed by atoms with Crippen LogP contribution in [0, 0.1) is 0 Å².